The lowest BCUT2D eigenvalue weighted by molar-refractivity contribution is -0.121. The van der Waals surface area contributed by atoms with Crippen LogP contribution in [0.5, 0.6) is 0 Å². The number of hydrogen-bond acceptors (Lipinski definition) is 4. The number of carbonyl (C=O) groups excluding carboxylic acids is 1. The molecule has 27 heavy (non-hydrogen) atoms. The summed E-state index contributed by atoms with van der Waals surface area (Å²) >= 11 is 0. The van der Waals surface area contributed by atoms with Crippen LogP contribution >= 0.6 is 0 Å². The standard InChI is InChI=1S/C21H24N4O2/c1-15-8-10-16(11-9-15)19(24(2)3)12-22-20(26)13-25-14-23-18-7-5-4-6-17(18)21(25)27/h4-11,14,19H,12-13H2,1-3H3,(H,22,26)/t19-/m0/s1. The van der Waals surface area contributed by atoms with Crippen LogP contribution < -0.4 is 10.9 Å². The number of rotatable bonds is 6. The van der Waals surface area contributed by atoms with Crippen molar-refractivity contribution in [3.63, 3.8) is 0 Å². The Labute approximate surface area is 158 Å². The minimum atomic E-state index is -0.215. The van der Waals surface area contributed by atoms with Crippen LogP contribution in [-0.2, 0) is 11.3 Å². The summed E-state index contributed by atoms with van der Waals surface area (Å²) in [5.41, 5.74) is 2.75. The number of aryl methyl sites for hydroxylation is 1. The number of benzene rings is 2. The van der Waals surface area contributed by atoms with E-state index in [9.17, 15) is 9.59 Å². The second-order valence-electron chi connectivity index (χ2n) is 6.89. The Hall–Kier alpha value is -2.99. The molecular weight excluding hydrogens is 340 g/mol. The number of amides is 1. The third kappa shape index (κ3) is 4.41. The number of aromatic nitrogens is 2. The molecule has 1 aromatic heterocycles. The molecule has 0 saturated heterocycles. The van der Waals surface area contributed by atoms with Crippen LogP contribution in [0.2, 0.25) is 0 Å². The first kappa shape index (κ1) is 18.8. The topological polar surface area (TPSA) is 67.2 Å². The average molecular weight is 364 g/mol. The van der Waals surface area contributed by atoms with Gasteiger partial charge >= 0.3 is 0 Å². The molecule has 0 radical (unpaired) electrons. The number of likely N-dealkylation sites (N-methyl/N-ethyl adjacent to an activating group) is 1. The van der Waals surface area contributed by atoms with Gasteiger partial charge in [-0.05, 0) is 38.7 Å². The highest BCUT2D eigenvalue weighted by Crippen LogP contribution is 2.17. The minimum absolute atomic E-state index is 0.0509. The van der Waals surface area contributed by atoms with Gasteiger partial charge in [-0.3, -0.25) is 14.2 Å². The molecule has 1 atom stereocenters. The molecule has 0 spiro atoms. The molecule has 1 amide bonds. The lowest BCUT2D eigenvalue weighted by Crippen LogP contribution is -2.37. The van der Waals surface area contributed by atoms with Crippen molar-refractivity contribution in [3.05, 3.63) is 76.3 Å². The fourth-order valence-corrected chi connectivity index (χ4v) is 3.03. The van der Waals surface area contributed by atoms with Gasteiger partial charge in [0.25, 0.3) is 5.56 Å². The van der Waals surface area contributed by atoms with Crippen LogP contribution in [0.15, 0.2) is 59.7 Å². The lowest BCUT2D eigenvalue weighted by Gasteiger charge is -2.25. The van der Waals surface area contributed by atoms with Gasteiger partial charge in [-0.2, -0.15) is 0 Å². The van der Waals surface area contributed by atoms with E-state index in [4.69, 9.17) is 0 Å². The highest BCUT2D eigenvalue weighted by atomic mass is 16.2. The summed E-state index contributed by atoms with van der Waals surface area (Å²) in [6.45, 7) is 2.46. The van der Waals surface area contributed by atoms with Gasteiger partial charge in [0.15, 0.2) is 0 Å². The van der Waals surface area contributed by atoms with E-state index in [2.05, 4.69) is 39.5 Å². The number of fused-ring (bicyclic) bond motifs is 1. The van der Waals surface area contributed by atoms with E-state index in [0.717, 1.165) is 5.56 Å². The largest absolute Gasteiger partial charge is 0.353 e. The molecule has 6 nitrogen and oxygen atoms in total. The molecule has 0 saturated carbocycles. The Morgan fingerprint density at radius 1 is 1.15 bits per heavy atom. The normalized spacial score (nSPS) is 12.3. The predicted octanol–water partition coefficient (Wildman–Crippen LogP) is 2.12. The summed E-state index contributed by atoms with van der Waals surface area (Å²) in [6, 6.07) is 15.5. The maximum absolute atomic E-state index is 12.5. The van der Waals surface area contributed by atoms with E-state index in [0.29, 0.717) is 17.4 Å². The van der Waals surface area contributed by atoms with Gasteiger partial charge < -0.3 is 10.2 Å². The van der Waals surface area contributed by atoms with Crippen molar-refractivity contribution in [2.24, 2.45) is 0 Å². The molecule has 6 heteroatoms. The smallest absolute Gasteiger partial charge is 0.261 e. The molecule has 0 aliphatic rings. The zero-order chi connectivity index (χ0) is 19.4. The molecule has 1 N–H and O–H groups in total. The number of hydrogen-bond donors (Lipinski definition) is 1. The Morgan fingerprint density at radius 2 is 1.85 bits per heavy atom. The van der Waals surface area contributed by atoms with E-state index in [-0.39, 0.29) is 24.1 Å². The first-order valence-corrected chi connectivity index (χ1v) is 8.89. The molecule has 1 heterocycles. The summed E-state index contributed by atoms with van der Waals surface area (Å²) in [7, 11) is 3.96. The molecule has 2 aromatic carbocycles. The van der Waals surface area contributed by atoms with Crippen molar-refractivity contribution in [1.29, 1.82) is 0 Å². The second kappa shape index (κ2) is 8.14. The van der Waals surface area contributed by atoms with Crippen molar-refractivity contribution in [2.75, 3.05) is 20.6 Å². The average Bonchev–Trinajstić information content (AvgIpc) is 2.65. The Balaban J connectivity index is 1.69. The minimum Gasteiger partial charge on any atom is -0.353 e. The first-order chi connectivity index (χ1) is 13.0. The van der Waals surface area contributed by atoms with Gasteiger partial charge in [0.1, 0.15) is 6.54 Å². The zero-order valence-corrected chi connectivity index (χ0v) is 15.8. The fraction of sp³-hybridized carbons (Fsp3) is 0.286. The van der Waals surface area contributed by atoms with Crippen molar-refractivity contribution < 1.29 is 4.79 Å². The molecule has 0 unspecified atom stereocenters. The molecule has 0 fully saturated rings. The SMILES string of the molecule is Cc1ccc([C@H](CNC(=O)Cn2cnc3ccccc3c2=O)N(C)C)cc1. The number of carbonyl (C=O) groups is 1. The summed E-state index contributed by atoms with van der Waals surface area (Å²) in [5, 5.41) is 3.45. The molecule has 0 aliphatic carbocycles. The predicted molar refractivity (Wildman–Crippen MR) is 107 cm³/mol. The van der Waals surface area contributed by atoms with E-state index < -0.39 is 0 Å². The highest BCUT2D eigenvalue weighted by Gasteiger charge is 2.16. The van der Waals surface area contributed by atoms with Gasteiger partial charge in [0.05, 0.1) is 23.3 Å². The van der Waals surface area contributed by atoms with E-state index in [1.807, 2.05) is 27.1 Å². The van der Waals surface area contributed by atoms with Crippen LogP contribution in [0.3, 0.4) is 0 Å². The van der Waals surface area contributed by atoms with Crippen LogP contribution in [-0.4, -0.2) is 41.0 Å². The van der Waals surface area contributed by atoms with E-state index >= 15 is 0 Å². The molecule has 3 rings (SSSR count). The van der Waals surface area contributed by atoms with Gasteiger partial charge in [-0.25, -0.2) is 4.98 Å². The summed E-state index contributed by atoms with van der Waals surface area (Å²) in [6.07, 6.45) is 1.42. The third-order valence-corrected chi connectivity index (χ3v) is 4.62. The third-order valence-electron chi connectivity index (χ3n) is 4.62. The number of para-hydroxylation sites is 1. The highest BCUT2D eigenvalue weighted by molar-refractivity contribution is 5.78. The fourth-order valence-electron chi connectivity index (χ4n) is 3.03. The lowest BCUT2D eigenvalue weighted by atomic mass is 10.0. The van der Waals surface area contributed by atoms with E-state index in [1.54, 1.807) is 18.2 Å². The molecule has 140 valence electrons. The molecule has 3 aromatic rings. The molecule has 0 bridgehead atoms. The van der Waals surface area contributed by atoms with Gasteiger partial charge in [-0.1, -0.05) is 42.0 Å². The Kier molecular flexibility index (Phi) is 5.66. The first-order valence-electron chi connectivity index (χ1n) is 8.89. The van der Waals surface area contributed by atoms with Crippen LogP contribution in [0.4, 0.5) is 0 Å². The Bertz CT molecular complexity index is 993. The van der Waals surface area contributed by atoms with Gasteiger partial charge in [0, 0.05) is 6.54 Å². The maximum Gasteiger partial charge on any atom is 0.261 e. The van der Waals surface area contributed by atoms with Crippen molar-refractivity contribution >= 4 is 16.8 Å². The quantitative estimate of drug-likeness (QED) is 0.728. The van der Waals surface area contributed by atoms with Crippen LogP contribution in [0.25, 0.3) is 10.9 Å². The molecular formula is C21H24N4O2. The van der Waals surface area contributed by atoms with Crippen molar-refractivity contribution in [2.45, 2.75) is 19.5 Å². The van der Waals surface area contributed by atoms with Gasteiger partial charge in [-0.15, -0.1) is 0 Å². The van der Waals surface area contributed by atoms with Crippen molar-refractivity contribution in [1.82, 2.24) is 19.8 Å². The summed E-state index contributed by atoms with van der Waals surface area (Å²) < 4.78 is 1.34. The van der Waals surface area contributed by atoms with Crippen LogP contribution in [0, 0.1) is 6.92 Å². The summed E-state index contributed by atoms with van der Waals surface area (Å²) in [5.74, 6) is -0.215. The van der Waals surface area contributed by atoms with Crippen molar-refractivity contribution in [3.8, 4) is 0 Å². The van der Waals surface area contributed by atoms with Crippen LogP contribution in [0.1, 0.15) is 17.2 Å². The second-order valence-corrected chi connectivity index (χ2v) is 6.89. The van der Waals surface area contributed by atoms with Gasteiger partial charge in [0.2, 0.25) is 5.91 Å². The molecule has 0 aliphatic heterocycles. The summed E-state index contributed by atoms with van der Waals surface area (Å²) in [4.78, 5) is 31.2. The number of nitrogens with one attached hydrogen (secondary N) is 1. The monoisotopic (exact) mass is 364 g/mol. The zero-order valence-electron chi connectivity index (χ0n) is 15.8. The van der Waals surface area contributed by atoms with E-state index in [1.165, 1.54) is 16.5 Å². The number of nitrogens with zero attached hydrogens (tertiary/aromatic N) is 3. The Morgan fingerprint density at radius 3 is 2.56 bits per heavy atom. The maximum atomic E-state index is 12.5.